The normalized spacial score (nSPS) is 34.2. The Morgan fingerprint density at radius 2 is 1.65 bits per heavy atom. The van der Waals surface area contributed by atoms with Crippen LogP contribution in [0.15, 0.2) is 24.3 Å². The van der Waals surface area contributed by atoms with E-state index in [9.17, 15) is 9.59 Å². The Morgan fingerprint density at radius 1 is 1.00 bits per heavy atom. The first-order chi connectivity index (χ1) is 11.1. The Bertz CT molecular complexity index is 615. The van der Waals surface area contributed by atoms with Crippen LogP contribution in [0.4, 0.5) is 10.5 Å². The van der Waals surface area contributed by atoms with Gasteiger partial charge in [-0.2, -0.15) is 0 Å². The monoisotopic (exact) mass is 314 g/mol. The lowest BCUT2D eigenvalue weighted by Gasteiger charge is -2.54. The predicted octanol–water partition coefficient (Wildman–Crippen LogP) is 3.33. The van der Waals surface area contributed by atoms with Crippen molar-refractivity contribution in [3.05, 3.63) is 29.8 Å². The average Bonchev–Trinajstić information content (AvgIpc) is 2.50. The van der Waals surface area contributed by atoms with Crippen molar-refractivity contribution < 1.29 is 14.7 Å². The summed E-state index contributed by atoms with van der Waals surface area (Å²) in [5, 5.41) is 15.0. The topological polar surface area (TPSA) is 78.4 Å². The van der Waals surface area contributed by atoms with Crippen LogP contribution in [-0.2, 0) is 0 Å². The number of anilines is 1. The Morgan fingerprint density at radius 3 is 2.26 bits per heavy atom. The largest absolute Gasteiger partial charge is 0.478 e. The second kappa shape index (κ2) is 5.55. The Hall–Kier alpha value is -2.04. The van der Waals surface area contributed by atoms with E-state index in [0.717, 1.165) is 11.8 Å². The maximum Gasteiger partial charge on any atom is 0.335 e. The summed E-state index contributed by atoms with van der Waals surface area (Å²) in [5.41, 5.74) is 0.698. The van der Waals surface area contributed by atoms with Crippen LogP contribution in [0.1, 0.15) is 42.5 Å². The van der Waals surface area contributed by atoms with Gasteiger partial charge in [-0.15, -0.1) is 0 Å². The van der Waals surface area contributed by atoms with E-state index in [0.29, 0.717) is 17.5 Å². The van der Waals surface area contributed by atoms with Crippen molar-refractivity contribution in [1.29, 1.82) is 0 Å². The Kier molecular flexibility index (Phi) is 3.51. The standard InChI is InChI=1S/C18H22N2O3/c21-17(22)12-2-1-3-15(9-12)19-18(23)20-16-13-5-10-4-11(7-13)8-14(16)6-10/h1-3,9-11,13-14,16H,4-8H2,(H,21,22)(H2,19,20,23). The van der Waals surface area contributed by atoms with Gasteiger partial charge in [0.2, 0.25) is 0 Å². The van der Waals surface area contributed by atoms with Crippen LogP contribution in [0.25, 0.3) is 0 Å². The Balaban J connectivity index is 1.40. The number of carbonyl (C=O) groups excluding carboxylic acids is 1. The summed E-state index contributed by atoms with van der Waals surface area (Å²) in [6, 6.07) is 6.42. The van der Waals surface area contributed by atoms with Gasteiger partial charge in [0.1, 0.15) is 0 Å². The molecule has 4 aliphatic rings. The molecule has 0 aliphatic heterocycles. The predicted molar refractivity (Wildman–Crippen MR) is 86.4 cm³/mol. The van der Waals surface area contributed by atoms with Crippen molar-refractivity contribution >= 4 is 17.7 Å². The molecular weight excluding hydrogens is 292 g/mol. The molecule has 4 saturated carbocycles. The molecule has 1 aromatic carbocycles. The van der Waals surface area contributed by atoms with Crippen LogP contribution in [0.2, 0.25) is 0 Å². The fourth-order valence-corrected chi connectivity index (χ4v) is 5.21. The lowest BCUT2D eigenvalue weighted by atomic mass is 9.54. The number of hydrogen-bond donors (Lipinski definition) is 3. The number of carboxylic acids is 1. The molecule has 4 aliphatic carbocycles. The molecule has 5 nitrogen and oxygen atoms in total. The van der Waals surface area contributed by atoms with E-state index in [4.69, 9.17) is 5.11 Å². The zero-order valence-electron chi connectivity index (χ0n) is 13.0. The summed E-state index contributed by atoms with van der Waals surface area (Å²) in [7, 11) is 0. The van der Waals surface area contributed by atoms with Gasteiger partial charge >= 0.3 is 12.0 Å². The van der Waals surface area contributed by atoms with Crippen molar-refractivity contribution in [2.45, 2.75) is 38.1 Å². The number of hydrogen-bond acceptors (Lipinski definition) is 2. The van der Waals surface area contributed by atoms with E-state index >= 15 is 0 Å². The van der Waals surface area contributed by atoms with Crippen molar-refractivity contribution in [2.24, 2.45) is 23.7 Å². The van der Waals surface area contributed by atoms with Gasteiger partial charge < -0.3 is 15.7 Å². The SMILES string of the molecule is O=C(Nc1cccc(C(=O)O)c1)NC1C2CC3CC(C2)CC1C3. The molecule has 0 aromatic heterocycles. The summed E-state index contributed by atoms with van der Waals surface area (Å²) in [6.07, 6.45) is 6.42. The van der Waals surface area contributed by atoms with Gasteiger partial charge in [-0.3, -0.25) is 0 Å². The molecule has 0 saturated heterocycles. The second-order valence-electron chi connectivity index (χ2n) is 7.44. The number of carbonyl (C=O) groups is 2. The van der Waals surface area contributed by atoms with Crippen LogP contribution in [0.5, 0.6) is 0 Å². The second-order valence-corrected chi connectivity index (χ2v) is 7.44. The van der Waals surface area contributed by atoms with Gasteiger partial charge in [0, 0.05) is 11.7 Å². The first-order valence-electron chi connectivity index (χ1n) is 8.49. The summed E-state index contributed by atoms with van der Waals surface area (Å²) in [5.74, 6) is 2.02. The first kappa shape index (κ1) is 14.5. The van der Waals surface area contributed by atoms with E-state index in [2.05, 4.69) is 10.6 Å². The van der Waals surface area contributed by atoms with Crippen LogP contribution in [0, 0.1) is 23.7 Å². The molecule has 0 unspecified atom stereocenters. The van der Waals surface area contributed by atoms with Crippen LogP contribution in [0.3, 0.4) is 0 Å². The fraction of sp³-hybridized carbons (Fsp3) is 0.556. The summed E-state index contributed by atoms with van der Waals surface area (Å²) in [6.45, 7) is 0. The summed E-state index contributed by atoms with van der Waals surface area (Å²) < 4.78 is 0. The molecular formula is C18H22N2O3. The highest BCUT2D eigenvalue weighted by Crippen LogP contribution is 2.53. The molecule has 23 heavy (non-hydrogen) atoms. The third-order valence-electron chi connectivity index (χ3n) is 5.89. The molecule has 1 aromatic rings. The molecule has 4 fully saturated rings. The highest BCUT2D eigenvalue weighted by atomic mass is 16.4. The first-order valence-corrected chi connectivity index (χ1v) is 8.49. The van der Waals surface area contributed by atoms with Gasteiger partial charge in [0.15, 0.2) is 0 Å². The van der Waals surface area contributed by atoms with Gasteiger partial charge in [-0.25, -0.2) is 9.59 Å². The highest BCUT2D eigenvalue weighted by Gasteiger charge is 2.48. The smallest absolute Gasteiger partial charge is 0.335 e. The number of aromatic carboxylic acids is 1. The van der Waals surface area contributed by atoms with E-state index < -0.39 is 5.97 Å². The minimum atomic E-state index is -0.991. The molecule has 0 radical (unpaired) electrons. The van der Waals surface area contributed by atoms with Crippen molar-refractivity contribution in [1.82, 2.24) is 5.32 Å². The van der Waals surface area contributed by atoms with Gasteiger partial charge in [0.05, 0.1) is 5.56 Å². The minimum absolute atomic E-state index is 0.178. The molecule has 3 N–H and O–H groups in total. The molecule has 2 amide bonds. The minimum Gasteiger partial charge on any atom is -0.478 e. The lowest BCUT2D eigenvalue weighted by molar-refractivity contribution is -0.00883. The third-order valence-corrected chi connectivity index (χ3v) is 5.89. The van der Waals surface area contributed by atoms with E-state index in [-0.39, 0.29) is 17.6 Å². The molecule has 0 spiro atoms. The molecule has 0 heterocycles. The average molecular weight is 314 g/mol. The maximum absolute atomic E-state index is 12.3. The number of amides is 2. The summed E-state index contributed by atoms with van der Waals surface area (Å²) in [4.78, 5) is 23.3. The van der Waals surface area contributed by atoms with Crippen molar-refractivity contribution in [3.63, 3.8) is 0 Å². The zero-order valence-corrected chi connectivity index (χ0v) is 13.0. The molecule has 122 valence electrons. The molecule has 0 atom stereocenters. The molecule has 5 rings (SSSR count). The van der Waals surface area contributed by atoms with Crippen molar-refractivity contribution in [3.8, 4) is 0 Å². The summed E-state index contributed by atoms with van der Waals surface area (Å²) >= 11 is 0. The van der Waals surface area contributed by atoms with Crippen LogP contribution < -0.4 is 10.6 Å². The molecule has 5 heteroatoms. The zero-order chi connectivity index (χ0) is 16.0. The number of nitrogens with one attached hydrogen (secondary N) is 2. The van der Waals surface area contributed by atoms with E-state index in [1.165, 1.54) is 44.2 Å². The van der Waals surface area contributed by atoms with Crippen LogP contribution >= 0.6 is 0 Å². The highest BCUT2D eigenvalue weighted by molar-refractivity contribution is 5.93. The number of urea groups is 1. The van der Waals surface area contributed by atoms with Gasteiger partial charge in [0.25, 0.3) is 0 Å². The van der Waals surface area contributed by atoms with E-state index in [1.807, 2.05) is 0 Å². The third kappa shape index (κ3) is 2.80. The van der Waals surface area contributed by atoms with Gasteiger partial charge in [-0.05, 0) is 74.0 Å². The number of benzene rings is 1. The maximum atomic E-state index is 12.3. The van der Waals surface area contributed by atoms with Crippen LogP contribution in [-0.4, -0.2) is 23.1 Å². The Labute approximate surface area is 135 Å². The van der Waals surface area contributed by atoms with Crippen molar-refractivity contribution in [2.75, 3.05) is 5.32 Å². The number of rotatable bonds is 3. The van der Waals surface area contributed by atoms with E-state index in [1.54, 1.807) is 12.1 Å². The fourth-order valence-electron chi connectivity index (χ4n) is 5.21. The van der Waals surface area contributed by atoms with Gasteiger partial charge in [-0.1, -0.05) is 6.07 Å². The quantitative estimate of drug-likeness (QED) is 0.800. The lowest BCUT2D eigenvalue weighted by Crippen LogP contribution is -2.56. The number of carboxylic acid groups (broad SMARTS) is 1. The molecule has 4 bridgehead atoms.